The number of hydrogen-bond donors (Lipinski definition) is 1. The summed E-state index contributed by atoms with van der Waals surface area (Å²) in [5.41, 5.74) is -5.60. The van der Waals surface area contributed by atoms with Crippen molar-refractivity contribution in [1.82, 2.24) is 0 Å². The fourth-order valence-corrected chi connectivity index (χ4v) is 1.51. The fraction of sp³-hybridized carbons (Fsp3) is 0.333. The summed E-state index contributed by atoms with van der Waals surface area (Å²) < 4.78 is 86.7. The number of benzene rings is 1. The maximum Gasteiger partial charge on any atom is 0.441 e. The maximum absolute atomic E-state index is 13.0. The Morgan fingerprint density at radius 2 is 1.50 bits per heavy atom. The number of rotatable bonds is 4. The highest BCUT2D eigenvalue weighted by Crippen LogP contribution is 2.30. The molecule has 1 aromatic carbocycles. The Morgan fingerprint density at radius 1 is 1.00 bits per heavy atom. The monoisotopic (exact) mass is 293 g/mol. The van der Waals surface area contributed by atoms with Gasteiger partial charge in [0.1, 0.15) is 5.69 Å². The van der Waals surface area contributed by atoms with E-state index in [9.17, 15) is 30.7 Å². The molecule has 0 aliphatic rings. The molecule has 0 amide bonds. The summed E-state index contributed by atoms with van der Waals surface area (Å²) in [5.74, 6) is -7.16. The first kappa shape index (κ1) is 14.9. The van der Waals surface area contributed by atoms with Gasteiger partial charge in [-0.15, -0.1) is 0 Å². The minimum Gasteiger partial charge on any atom is -0.379 e. The van der Waals surface area contributed by atoms with Crippen LogP contribution in [0.1, 0.15) is 0 Å². The normalized spacial score (nSPS) is 11.7. The lowest BCUT2D eigenvalue weighted by molar-refractivity contribution is -0.0327. The molecule has 0 bridgehead atoms. The molecule has 0 aliphatic carbocycles. The number of halogens is 7. The van der Waals surface area contributed by atoms with Crippen molar-refractivity contribution < 1.29 is 30.7 Å². The predicted molar refractivity (Wildman–Crippen MR) is 53.3 cm³/mol. The molecule has 0 atom stereocenters. The van der Waals surface area contributed by atoms with Gasteiger partial charge in [-0.3, -0.25) is 0 Å². The first-order chi connectivity index (χ1) is 8.22. The molecule has 0 fully saturated rings. The van der Waals surface area contributed by atoms with E-state index in [0.29, 0.717) is 0 Å². The number of hydrogen-bond acceptors (Lipinski definition) is 2. The summed E-state index contributed by atoms with van der Waals surface area (Å²) in [4.78, 5) is 0. The van der Waals surface area contributed by atoms with Crippen molar-refractivity contribution in [2.45, 2.75) is 5.51 Å². The molecule has 0 aliphatic heterocycles. The van der Waals surface area contributed by atoms with E-state index < -0.39 is 58.5 Å². The molecule has 0 heterocycles. The van der Waals surface area contributed by atoms with Gasteiger partial charge in [-0.25, -0.2) is 17.6 Å². The van der Waals surface area contributed by atoms with E-state index in [0.717, 1.165) is 0 Å². The van der Waals surface area contributed by atoms with Crippen LogP contribution in [0.15, 0.2) is 6.07 Å². The van der Waals surface area contributed by atoms with Crippen LogP contribution in [-0.2, 0) is 0 Å². The minimum absolute atomic E-state index is 0.0142. The average Bonchev–Trinajstić information content (AvgIpc) is 2.24. The molecule has 1 N–H and O–H groups in total. The third-order valence-corrected chi connectivity index (χ3v) is 2.52. The number of alkyl halides is 3. The second-order valence-electron chi connectivity index (χ2n) is 3.06. The Bertz CT molecular complexity index is 406. The molecule has 9 heteroatoms. The van der Waals surface area contributed by atoms with Crippen LogP contribution in [0.3, 0.4) is 0 Å². The summed E-state index contributed by atoms with van der Waals surface area (Å²) in [6, 6.07) is 0.0142. The largest absolute Gasteiger partial charge is 0.441 e. The van der Waals surface area contributed by atoms with Crippen LogP contribution in [0.2, 0.25) is 0 Å². The SMILES string of the molecule is Fc1cc(F)c(F)c(NCCSC(F)(F)F)c1F. The molecule has 0 aromatic heterocycles. The van der Waals surface area contributed by atoms with Crippen molar-refractivity contribution in [3.05, 3.63) is 29.3 Å². The maximum atomic E-state index is 13.0. The van der Waals surface area contributed by atoms with Gasteiger partial charge in [0.25, 0.3) is 0 Å². The van der Waals surface area contributed by atoms with Gasteiger partial charge in [0.15, 0.2) is 23.3 Å². The van der Waals surface area contributed by atoms with Gasteiger partial charge in [-0.05, 0) is 11.8 Å². The summed E-state index contributed by atoms with van der Waals surface area (Å²) in [7, 11) is 0. The topological polar surface area (TPSA) is 12.0 Å². The van der Waals surface area contributed by atoms with Crippen molar-refractivity contribution in [3.8, 4) is 0 Å². The van der Waals surface area contributed by atoms with Gasteiger partial charge in [-0.1, -0.05) is 0 Å². The van der Waals surface area contributed by atoms with E-state index in [2.05, 4.69) is 0 Å². The van der Waals surface area contributed by atoms with Crippen LogP contribution >= 0.6 is 11.8 Å². The summed E-state index contributed by atoms with van der Waals surface area (Å²) in [6.45, 7) is -0.499. The van der Waals surface area contributed by atoms with E-state index in [1.165, 1.54) is 0 Å². The molecule has 0 unspecified atom stereocenters. The van der Waals surface area contributed by atoms with Gasteiger partial charge in [0.05, 0.1) is 0 Å². The van der Waals surface area contributed by atoms with Gasteiger partial charge in [0.2, 0.25) is 0 Å². The third-order valence-electron chi connectivity index (χ3n) is 1.78. The summed E-state index contributed by atoms with van der Waals surface area (Å²) in [6.07, 6.45) is 0. The standard InChI is InChI=1S/C9H6F7NS/c10-4-3-5(11)7(13)8(6(4)12)17-1-2-18-9(14,15)16/h3,17H,1-2H2. The summed E-state index contributed by atoms with van der Waals surface area (Å²) >= 11 is -0.422. The van der Waals surface area contributed by atoms with Gasteiger partial charge >= 0.3 is 5.51 Å². The zero-order chi connectivity index (χ0) is 13.9. The Labute approximate surface area is 101 Å². The lowest BCUT2D eigenvalue weighted by Crippen LogP contribution is -2.12. The molecule has 18 heavy (non-hydrogen) atoms. The van der Waals surface area contributed by atoms with Crippen LogP contribution in [0, 0.1) is 23.3 Å². The minimum atomic E-state index is -4.48. The van der Waals surface area contributed by atoms with E-state index in [1.54, 1.807) is 0 Å². The average molecular weight is 293 g/mol. The van der Waals surface area contributed by atoms with Crippen molar-refractivity contribution >= 4 is 17.4 Å². The second-order valence-corrected chi connectivity index (χ2v) is 4.22. The fourth-order valence-electron chi connectivity index (χ4n) is 1.07. The van der Waals surface area contributed by atoms with Gasteiger partial charge in [-0.2, -0.15) is 13.2 Å². The molecule has 0 spiro atoms. The molecule has 1 aromatic rings. The van der Waals surface area contributed by atoms with E-state index >= 15 is 0 Å². The lowest BCUT2D eigenvalue weighted by atomic mass is 10.2. The molecule has 0 saturated carbocycles. The molecule has 102 valence electrons. The zero-order valence-corrected chi connectivity index (χ0v) is 9.36. The Balaban J connectivity index is 2.68. The van der Waals surface area contributed by atoms with Crippen molar-refractivity contribution in [1.29, 1.82) is 0 Å². The van der Waals surface area contributed by atoms with Crippen LogP contribution in [-0.4, -0.2) is 17.8 Å². The van der Waals surface area contributed by atoms with Crippen LogP contribution in [0.25, 0.3) is 0 Å². The lowest BCUT2D eigenvalue weighted by Gasteiger charge is -2.10. The van der Waals surface area contributed by atoms with Crippen molar-refractivity contribution in [2.75, 3.05) is 17.6 Å². The molecular formula is C9H6F7NS. The van der Waals surface area contributed by atoms with Gasteiger partial charge < -0.3 is 5.32 Å². The van der Waals surface area contributed by atoms with E-state index in [-0.39, 0.29) is 6.07 Å². The zero-order valence-electron chi connectivity index (χ0n) is 8.55. The summed E-state index contributed by atoms with van der Waals surface area (Å²) in [5, 5.41) is 1.88. The second kappa shape index (κ2) is 5.68. The quantitative estimate of drug-likeness (QED) is 0.513. The van der Waals surface area contributed by atoms with Crippen molar-refractivity contribution in [2.24, 2.45) is 0 Å². The first-order valence-corrected chi connectivity index (χ1v) is 5.48. The first-order valence-electron chi connectivity index (χ1n) is 4.50. The highest BCUT2D eigenvalue weighted by Gasteiger charge is 2.27. The highest BCUT2D eigenvalue weighted by atomic mass is 32.2. The Kier molecular flexibility index (Phi) is 4.71. The predicted octanol–water partition coefficient (Wildman–Crippen LogP) is 3.91. The van der Waals surface area contributed by atoms with E-state index in [4.69, 9.17) is 0 Å². The highest BCUT2D eigenvalue weighted by molar-refractivity contribution is 8.00. The number of nitrogens with one attached hydrogen (secondary N) is 1. The molecular weight excluding hydrogens is 287 g/mol. The number of anilines is 1. The van der Waals surface area contributed by atoms with Crippen molar-refractivity contribution in [3.63, 3.8) is 0 Å². The molecule has 1 rings (SSSR count). The third kappa shape index (κ3) is 3.97. The van der Waals surface area contributed by atoms with Crippen LogP contribution in [0.4, 0.5) is 36.4 Å². The van der Waals surface area contributed by atoms with Crippen LogP contribution in [0.5, 0.6) is 0 Å². The van der Waals surface area contributed by atoms with E-state index in [1.807, 2.05) is 5.32 Å². The molecule has 0 radical (unpaired) electrons. The molecule has 0 saturated heterocycles. The Morgan fingerprint density at radius 3 is 1.94 bits per heavy atom. The molecule has 1 nitrogen and oxygen atoms in total. The van der Waals surface area contributed by atoms with Gasteiger partial charge in [0, 0.05) is 18.4 Å². The van der Waals surface area contributed by atoms with Crippen LogP contribution < -0.4 is 5.32 Å². The smallest absolute Gasteiger partial charge is 0.379 e. The number of thioether (sulfide) groups is 1. The Hall–Kier alpha value is -1.12.